The summed E-state index contributed by atoms with van der Waals surface area (Å²) in [4.78, 5) is 12.6. The van der Waals surface area contributed by atoms with Gasteiger partial charge in [-0.25, -0.2) is 8.42 Å². The van der Waals surface area contributed by atoms with Crippen LogP contribution in [0.15, 0.2) is 59.5 Å². The highest BCUT2D eigenvalue weighted by Crippen LogP contribution is 2.20. The predicted molar refractivity (Wildman–Crippen MR) is 103 cm³/mol. The van der Waals surface area contributed by atoms with Crippen LogP contribution in [0.25, 0.3) is 0 Å². The summed E-state index contributed by atoms with van der Waals surface area (Å²) < 4.78 is 23.0. The minimum Gasteiger partial charge on any atom is -0.349 e. The summed E-state index contributed by atoms with van der Waals surface area (Å²) >= 11 is 1.59. The van der Waals surface area contributed by atoms with E-state index in [1.165, 1.54) is 11.8 Å². The van der Waals surface area contributed by atoms with Crippen LogP contribution in [0.5, 0.6) is 0 Å². The lowest BCUT2D eigenvalue weighted by atomic mass is 10.1. The van der Waals surface area contributed by atoms with Crippen LogP contribution in [0.1, 0.15) is 31.0 Å². The monoisotopic (exact) mass is 377 g/mol. The molecule has 0 aromatic heterocycles. The van der Waals surface area contributed by atoms with Crippen LogP contribution in [-0.2, 0) is 20.4 Å². The molecule has 0 radical (unpaired) electrons. The molecule has 25 heavy (non-hydrogen) atoms. The number of hydrogen-bond donors (Lipinski definition) is 1. The Morgan fingerprint density at radius 1 is 1.04 bits per heavy atom. The van der Waals surface area contributed by atoms with Gasteiger partial charge in [-0.2, -0.15) is 0 Å². The molecule has 0 fully saturated rings. The van der Waals surface area contributed by atoms with E-state index in [-0.39, 0.29) is 22.1 Å². The lowest BCUT2D eigenvalue weighted by Gasteiger charge is -2.18. The fourth-order valence-corrected chi connectivity index (χ4v) is 3.77. The highest BCUT2D eigenvalue weighted by atomic mass is 32.2. The van der Waals surface area contributed by atoms with E-state index in [1.807, 2.05) is 44.2 Å². The first-order valence-electron chi connectivity index (χ1n) is 8.03. The Morgan fingerprint density at radius 2 is 1.64 bits per heavy atom. The number of amides is 1. The maximum absolute atomic E-state index is 12.3. The van der Waals surface area contributed by atoms with Crippen molar-refractivity contribution in [2.45, 2.75) is 35.8 Å². The molecule has 0 aliphatic heterocycles. The summed E-state index contributed by atoms with van der Waals surface area (Å²) in [6, 6.07) is 16.5. The summed E-state index contributed by atoms with van der Waals surface area (Å²) in [6.07, 6.45) is 1.18. The maximum atomic E-state index is 12.3. The first kappa shape index (κ1) is 19.5. The lowest BCUT2D eigenvalue weighted by Crippen LogP contribution is -2.33. The largest absolute Gasteiger partial charge is 0.349 e. The molecule has 0 bridgehead atoms. The third-order valence-corrected chi connectivity index (χ3v) is 6.22. The maximum Gasteiger partial charge on any atom is 0.233 e. The molecular weight excluding hydrogens is 354 g/mol. The van der Waals surface area contributed by atoms with Crippen molar-refractivity contribution in [2.75, 3.05) is 6.26 Å². The summed E-state index contributed by atoms with van der Waals surface area (Å²) in [6.45, 7) is 3.78. The summed E-state index contributed by atoms with van der Waals surface area (Å²) in [7, 11) is -3.21. The molecule has 0 aliphatic rings. The molecule has 4 nitrogen and oxygen atoms in total. The molecular formula is C19H23NO3S2. The van der Waals surface area contributed by atoms with E-state index in [9.17, 15) is 13.2 Å². The zero-order valence-electron chi connectivity index (χ0n) is 14.6. The van der Waals surface area contributed by atoms with Gasteiger partial charge in [0.15, 0.2) is 9.84 Å². The smallest absolute Gasteiger partial charge is 0.233 e. The number of carbonyl (C=O) groups excluding carboxylic acids is 1. The van der Waals surface area contributed by atoms with Crippen molar-refractivity contribution >= 4 is 27.5 Å². The molecule has 2 rings (SSSR count). The second-order valence-corrected chi connectivity index (χ2v) is 9.36. The molecule has 134 valence electrons. The molecule has 1 N–H and O–H groups in total. The van der Waals surface area contributed by atoms with Gasteiger partial charge in [-0.15, -0.1) is 11.8 Å². The standard InChI is InChI=1S/C19H23NO3S2/c1-14(17-9-11-18(12-10-17)25(3,22)23)20-19(21)15(2)24-13-16-7-5-4-6-8-16/h4-12,14-15H,13H2,1-3H3,(H,20,21). The van der Waals surface area contributed by atoms with Crippen LogP contribution in [0.4, 0.5) is 0 Å². The average molecular weight is 378 g/mol. The van der Waals surface area contributed by atoms with E-state index in [4.69, 9.17) is 0 Å². The second-order valence-electron chi connectivity index (χ2n) is 6.01. The summed E-state index contributed by atoms with van der Waals surface area (Å²) in [5.41, 5.74) is 2.07. The van der Waals surface area contributed by atoms with Crippen molar-refractivity contribution in [3.8, 4) is 0 Å². The number of thioether (sulfide) groups is 1. The predicted octanol–water partition coefficient (Wildman–Crippen LogP) is 3.59. The van der Waals surface area contributed by atoms with Gasteiger partial charge in [0.25, 0.3) is 0 Å². The van der Waals surface area contributed by atoms with Gasteiger partial charge >= 0.3 is 0 Å². The van der Waals surface area contributed by atoms with E-state index in [0.717, 1.165) is 11.3 Å². The third-order valence-electron chi connectivity index (χ3n) is 3.88. The first-order valence-corrected chi connectivity index (χ1v) is 11.0. The van der Waals surface area contributed by atoms with Crippen LogP contribution in [-0.4, -0.2) is 25.8 Å². The highest BCUT2D eigenvalue weighted by Gasteiger charge is 2.17. The fraction of sp³-hybridized carbons (Fsp3) is 0.316. The number of carbonyl (C=O) groups is 1. The van der Waals surface area contributed by atoms with Crippen LogP contribution < -0.4 is 5.32 Å². The normalized spacial score (nSPS) is 13.9. The molecule has 2 atom stereocenters. The van der Waals surface area contributed by atoms with Gasteiger partial charge in [-0.3, -0.25) is 4.79 Å². The molecule has 0 aliphatic carbocycles. The van der Waals surface area contributed by atoms with Crippen LogP contribution in [0.2, 0.25) is 0 Å². The second kappa shape index (κ2) is 8.54. The van der Waals surface area contributed by atoms with Crippen LogP contribution in [0.3, 0.4) is 0 Å². The van der Waals surface area contributed by atoms with Crippen molar-refractivity contribution in [2.24, 2.45) is 0 Å². The third kappa shape index (κ3) is 5.90. The quantitative estimate of drug-likeness (QED) is 0.801. The molecule has 0 saturated heterocycles. The number of benzene rings is 2. The lowest BCUT2D eigenvalue weighted by molar-refractivity contribution is -0.120. The minimum atomic E-state index is -3.21. The van der Waals surface area contributed by atoms with Gasteiger partial charge in [-0.05, 0) is 37.1 Å². The number of hydrogen-bond acceptors (Lipinski definition) is 4. The Balaban J connectivity index is 1.90. The van der Waals surface area contributed by atoms with Crippen molar-refractivity contribution in [1.29, 1.82) is 0 Å². The zero-order valence-corrected chi connectivity index (χ0v) is 16.2. The van der Waals surface area contributed by atoms with E-state index in [2.05, 4.69) is 5.32 Å². The summed E-state index contributed by atoms with van der Waals surface area (Å²) in [5.74, 6) is 0.757. The van der Waals surface area contributed by atoms with Crippen molar-refractivity contribution in [3.05, 3.63) is 65.7 Å². The Bertz CT molecular complexity index is 802. The Labute approximate surface area is 154 Å². The topological polar surface area (TPSA) is 63.2 Å². The summed E-state index contributed by atoms with van der Waals surface area (Å²) in [5, 5.41) is 2.81. The molecule has 0 saturated carbocycles. The SMILES string of the molecule is CC(SCc1ccccc1)C(=O)NC(C)c1ccc(S(C)(=O)=O)cc1. The first-order chi connectivity index (χ1) is 11.8. The Morgan fingerprint density at radius 3 is 2.20 bits per heavy atom. The number of rotatable bonds is 7. The van der Waals surface area contributed by atoms with Crippen molar-refractivity contribution < 1.29 is 13.2 Å². The molecule has 1 amide bonds. The molecule has 6 heteroatoms. The van der Waals surface area contributed by atoms with Crippen LogP contribution in [0, 0.1) is 0 Å². The highest BCUT2D eigenvalue weighted by molar-refractivity contribution is 7.99. The molecule has 2 aromatic rings. The Kier molecular flexibility index (Phi) is 6.67. The molecule has 0 spiro atoms. The zero-order chi connectivity index (χ0) is 18.4. The molecule has 2 aromatic carbocycles. The number of nitrogens with one attached hydrogen (secondary N) is 1. The van der Waals surface area contributed by atoms with Crippen molar-refractivity contribution in [1.82, 2.24) is 5.32 Å². The van der Waals surface area contributed by atoms with Gasteiger partial charge in [0.2, 0.25) is 5.91 Å². The van der Waals surface area contributed by atoms with Gasteiger partial charge in [0.05, 0.1) is 16.2 Å². The van der Waals surface area contributed by atoms with E-state index in [1.54, 1.807) is 36.0 Å². The fourth-order valence-electron chi connectivity index (χ4n) is 2.29. The van der Waals surface area contributed by atoms with Crippen molar-refractivity contribution in [3.63, 3.8) is 0 Å². The van der Waals surface area contributed by atoms with Gasteiger partial charge in [0, 0.05) is 12.0 Å². The Hall–Kier alpha value is -1.79. The average Bonchev–Trinajstić information content (AvgIpc) is 2.59. The van der Waals surface area contributed by atoms with Gasteiger partial charge in [0.1, 0.15) is 0 Å². The number of sulfone groups is 1. The van der Waals surface area contributed by atoms with Gasteiger partial charge < -0.3 is 5.32 Å². The van der Waals surface area contributed by atoms with E-state index < -0.39 is 9.84 Å². The van der Waals surface area contributed by atoms with Crippen LogP contribution >= 0.6 is 11.8 Å². The van der Waals surface area contributed by atoms with E-state index >= 15 is 0 Å². The molecule has 2 unspecified atom stereocenters. The van der Waals surface area contributed by atoms with E-state index in [0.29, 0.717) is 0 Å². The van der Waals surface area contributed by atoms with Gasteiger partial charge in [-0.1, -0.05) is 42.5 Å². The molecule has 0 heterocycles. The minimum absolute atomic E-state index is 0.0272.